The molecule has 4 heteroatoms. The summed E-state index contributed by atoms with van der Waals surface area (Å²) in [6.45, 7) is 1.44. The molecule has 0 rings (SSSR count). The minimum Gasteiger partial charge on any atom is -0.412 e. The van der Waals surface area contributed by atoms with Gasteiger partial charge in [0, 0.05) is 0 Å². The van der Waals surface area contributed by atoms with Gasteiger partial charge in [0.1, 0.15) is 0 Å². The predicted octanol–water partition coefficient (Wildman–Crippen LogP) is -2.36. The number of nitrogens with two attached hydrogens (primary N) is 2. The molecule has 0 spiro atoms. The Balaban J connectivity index is -0.0000000800. The maximum Gasteiger partial charge on any atom is -0.00653 e. The van der Waals surface area contributed by atoms with Gasteiger partial charge in [-0.25, -0.2) is 0 Å². The Labute approximate surface area is 43.1 Å². The molecule has 0 amide bonds. The van der Waals surface area contributed by atoms with Crippen molar-refractivity contribution < 1.29 is 11.0 Å². The molecule has 7 heavy (non-hydrogen) atoms. The van der Waals surface area contributed by atoms with Crippen molar-refractivity contribution in [3.05, 3.63) is 0 Å². The van der Waals surface area contributed by atoms with Gasteiger partial charge in [-0.2, -0.15) is 0 Å². The molecule has 8 N–H and O–H groups in total. The van der Waals surface area contributed by atoms with E-state index in [2.05, 4.69) is 0 Å². The molecule has 0 aromatic rings. The predicted molar refractivity (Wildman–Crippen MR) is 30.0 cm³/mol. The van der Waals surface area contributed by atoms with Crippen LogP contribution in [0, 0.1) is 0 Å². The summed E-state index contributed by atoms with van der Waals surface area (Å²) < 4.78 is 0. The van der Waals surface area contributed by atoms with Gasteiger partial charge in [-0.3, -0.25) is 0 Å². The van der Waals surface area contributed by atoms with Crippen LogP contribution in [-0.4, -0.2) is 24.0 Å². The van der Waals surface area contributed by atoms with Crippen molar-refractivity contribution >= 4 is 0 Å². The van der Waals surface area contributed by atoms with Crippen molar-refractivity contribution in [2.24, 2.45) is 11.5 Å². The van der Waals surface area contributed by atoms with Crippen LogP contribution < -0.4 is 11.5 Å². The Morgan fingerprint density at radius 2 is 1.14 bits per heavy atom. The fourth-order valence-corrected chi connectivity index (χ4v) is 0.118. The maximum atomic E-state index is 5.06. The molecule has 0 atom stereocenters. The van der Waals surface area contributed by atoms with E-state index in [1.165, 1.54) is 0 Å². The van der Waals surface area contributed by atoms with Gasteiger partial charge in [-0.1, -0.05) is 0 Å². The maximum absolute atomic E-state index is 5.06. The molecule has 0 aliphatic carbocycles. The second-order valence-electron chi connectivity index (χ2n) is 0.931. The van der Waals surface area contributed by atoms with Crippen LogP contribution in [0.4, 0.5) is 0 Å². The van der Waals surface area contributed by atoms with Crippen LogP contribution in [0.15, 0.2) is 0 Å². The van der Waals surface area contributed by atoms with Crippen LogP contribution in [0.1, 0.15) is 6.42 Å². The lowest BCUT2D eigenvalue weighted by molar-refractivity contribution is 0.823. The molecule has 0 saturated carbocycles. The van der Waals surface area contributed by atoms with Crippen molar-refractivity contribution in [1.29, 1.82) is 0 Å². The van der Waals surface area contributed by atoms with Gasteiger partial charge < -0.3 is 22.4 Å². The first kappa shape index (κ1) is 15.8. The third kappa shape index (κ3) is 25.4. The van der Waals surface area contributed by atoms with E-state index < -0.39 is 0 Å². The normalized spacial score (nSPS) is 6.00. The Hall–Kier alpha value is -0.160. The van der Waals surface area contributed by atoms with Crippen molar-refractivity contribution in [3.8, 4) is 0 Å². The van der Waals surface area contributed by atoms with Gasteiger partial charge in [0.25, 0.3) is 0 Å². The van der Waals surface area contributed by atoms with Crippen LogP contribution in [0.3, 0.4) is 0 Å². The summed E-state index contributed by atoms with van der Waals surface area (Å²) in [7, 11) is 0. The first-order valence-corrected chi connectivity index (χ1v) is 1.82. The molecule has 0 fully saturated rings. The lowest BCUT2D eigenvalue weighted by Crippen LogP contribution is -2.06. The average molecular weight is 110 g/mol. The highest BCUT2D eigenvalue weighted by Gasteiger charge is 1.67. The van der Waals surface area contributed by atoms with E-state index in [0.29, 0.717) is 0 Å². The zero-order valence-corrected chi connectivity index (χ0v) is 4.28. The Morgan fingerprint density at radius 3 is 1.14 bits per heavy atom. The van der Waals surface area contributed by atoms with E-state index in [1.54, 1.807) is 0 Å². The first-order valence-electron chi connectivity index (χ1n) is 1.82. The molecule has 0 saturated heterocycles. The third-order valence-corrected chi connectivity index (χ3v) is 0.408. The molecular formula is C3H14N2O2. The summed E-state index contributed by atoms with van der Waals surface area (Å²) in [6.07, 6.45) is 0.944. The van der Waals surface area contributed by atoms with E-state index in [-0.39, 0.29) is 11.0 Å². The fourth-order valence-electron chi connectivity index (χ4n) is 0.118. The highest BCUT2D eigenvalue weighted by Crippen LogP contribution is 1.58. The molecule has 4 nitrogen and oxygen atoms in total. The highest BCUT2D eigenvalue weighted by molar-refractivity contribution is 4.33. The summed E-state index contributed by atoms with van der Waals surface area (Å²) in [5.74, 6) is 0. The van der Waals surface area contributed by atoms with Crippen molar-refractivity contribution in [3.63, 3.8) is 0 Å². The van der Waals surface area contributed by atoms with Crippen LogP contribution >= 0.6 is 0 Å². The van der Waals surface area contributed by atoms with Gasteiger partial charge in [-0.05, 0) is 19.5 Å². The minimum absolute atomic E-state index is 0. The third-order valence-electron chi connectivity index (χ3n) is 0.408. The Bertz CT molecular complexity index is 18.4. The summed E-state index contributed by atoms with van der Waals surface area (Å²) >= 11 is 0. The second-order valence-corrected chi connectivity index (χ2v) is 0.931. The standard InChI is InChI=1S/C3H10N2.2H2O/c4-2-1-3-5;;/h1-5H2;2*1H2. The number of hydrogen-bond donors (Lipinski definition) is 2. The second kappa shape index (κ2) is 17.0. The first-order chi connectivity index (χ1) is 2.41. The topological polar surface area (TPSA) is 115 Å². The Kier molecular flexibility index (Phi) is 38.3. The minimum atomic E-state index is 0. The molecule has 0 aromatic carbocycles. The molecule has 0 heterocycles. The molecule has 0 aliphatic rings. The molecule has 0 aliphatic heterocycles. The zero-order valence-electron chi connectivity index (χ0n) is 4.28. The van der Waals surface area contributed by atoms with Crippen LogP contribution in [0.5, 0.6) is 0 Å². The lowest BCUT2D eigenvalue weighted by atomic mass is 10.4. The van der Waals surface area contributed by atoms with E-state index in [4.69, 9.17) is 11.5 Å². The molecule has 0 bridgehead atoms. The van der Waals surface area contributed by atoms with Crippen molar-refractivity contribution in [1.82, 2.24) is 0 Å². The van der Waals surface area contributed by atoms with E-state index >= 15 is 0 Å². The van der Waals surface area contributed by atoms with Gasteiger partial charge in [0.05, 0.1) is 0 Å². The quantitative estimate of drug-likeness (QED) is 0.414. The Morgan fingerprint density at radius 1 is 0.857 bits per heavy atom. The molecule has 0 aromatic heterocycles. The zero-order chi connectivity index (χ0) is 4.12. The SMILES string of the molecule is NCCCN.O.O. The van der Waals surface area contributed by atoms with E-state index in [0.717, 1.165) is 19.5 Å². The smallest absolute Gasteiger partial charge is 0.00653 e. The van der Waals surface area contributed by atoms with Crippen LogP contribution in [0.25, 0.3) is 0 Å². The van der Waals surface area contributed by atoms with Crippen LogP contribution in [-0.2, 0) is 0 Å². The summed E-state index contributed by atoms with van der Waals surface area (Å²) in [5.41, 5.74) is 10.1. The van der Waals surface area contributed by atoms with Crippen LogP contribution in [0.2, 0.25) is 0 Å². The number of rotatable bonds is 2. The number of hydrogen-bond acceptors (Lipinski definition) is 2. The van der Waals surface area contributed by atoms with Gasteiger partial charge in [-0.15, -0.1) is 0 Å². The molecule has 48 valence electrons. The molecular weight excluding hydrogens is 96.0 g/mol. The lowest BCUT2D eigenvalue weighted by Gasteiger charge is -1.81. The average Bonchev–Trinajstić information content (AvgIpc) is 1.41. The fraction of sp³-hybridized carbons (Fsp3) is 1.00. The highest BCUT2D eigenvalue weighted by atomic mass is 16.0. The van der Waals surface area contributed by atoms with E-state index in [9.17, 15) is 0 Å². The van der Waals surface area contributed by atoms with E-state index in [1.807, 2.05) is 0 Å². The molecule has 0 radical (unpaired) electrons. The monoisotopic (exact) mass is 110 g/mol. The summed E-state index contributed by atoms with van der Waals surface area (Å²) in [5, 5.41) is 0. The molecule has 0 unspecified atom stereocenters. The summed E-state index contributed by atoms with van der Waals surface area (Å²) in [6, 6.07) is 0. The van der Waals surface area contributed by atoms with Crippen molar-refractivity contribution in [2.45, 2.75) is 6.42 Å². The van der Waals surface area contributed by atoms with Gasteiger partial charge >= 0.3 is 0 Å². The van der Waals surface area contributed by atoms with Gasteiger partial charge in [0.15, 0.2) is 0 Å². The van der Waals surface area contributed by atoms with Gasteiger partial charge in [0.2, 0.25) is 0 Å². The van der Waals surface area contributed by atoms with Crippen molar-refractivity contribution in [2.75, 3.05) is 13.1 Å². The summed E-state index contributed by atoms with van der Waals surface area (Å²) in [4.78, 5) is 0. The largest absolute Gasteiger partial charge is 0.412 e.